The van der Waals surface area contributed by atoms with Crippen molar-refractivity contribution in [2.75, 3.05) is 18.9 Å². The summed E-state index contributed by atoms with van der Waals surface area (Å²) in [5.74, 6) is 0. The number of likely N-dealkylation sites (N-methyl/N-ethyl adjacent to an activating group) is 1. The van der Waals surface area contributed by atoms with Crippen molar-refractivity contribution < 1.29 is 9.90 Å². The van der Waals surface area contributed by atoms with Crippen LogP contribution in [0.4, 0.5) is 10.5 Å². The minimum Gasteiger partial charge on any atom is -0.387 e. The van der Waals surface area contributed by atoms with Crippen LogP contribution in [0.5, 0.6) is 0 Å². The number of hydrogen-bond acceptors (Lipinski definition) is 3. The lowest BCUT2D eigenvalue weighted by Gasteiger charge is -2.14. The number of rotatable bonds is 4. The molecular formula is C10H15N3O2. The number of nitrogens with one attached hydrogen (secondary N) is 2. The number of aliphatic hydroxyl groups is 1. The van der Waals surface area contributed by atoms with Crippen molar-refractivity contribution in [2.24, 2.45) is 5.73 Å². The molecule has 0 heterocycles. The molecule has 0 aliphatic carbocycles. The second kappa shape index (κ2) is 5.33. The van der Waals surface area contributed by atoms with Crippen LogP contribution in [0.2, 0.25) is 0 Å². The third-order valence-corrected chi connectivity index (χ3v) is 1.98. The first kappa shape index (κ1) is 11.5. The second-order valence-electron chi connectivity index (χ2n) is 3.15. The molecule has 0 aliphatic rings. The SMILES string of the molecule is CNCC(O)c1ccccc1NC(N)=O. The van der Waals surface area contributed by atoms with Gasteiger partial charge in [0.2, 0.25) is 0 Å². The zero-order chi connectivity index (χ0) is 11.3. The maximum atomic E-state index is 10.7. The lowest BCUT2D eigenvalue weighted by atomic mass is 10.1. The van der Waals surface area contributed by atoms with Gasteiger partial charge in [0.15, 0.2) is 0 Å². The van der Waals surface area contributed by atoms with Crippen molar-refractivity contribution in [2.45, 2.75) is 6.10 Å². The largest absolute Gasteiger partial charge is 0.387 e. The maximum Gasteiger partial charge on any atom is 0.316 e. The van der Waals surface area contributed by atoms with Crippen LogP contribution < -0.4 is 16.4 Å². The minimum atomic E-state index is -0.668. The van der Waals surface area contributed by atoms with E-state index in [2.05, 4.69) is 10.6 Å². The number of urea groups is 1. The molecular weight excluding hydrogens is 194 g/mol. The summed E-state index contributed by atoms with van der Waals surface area (Å²) in [5.41, 5.74) is 6.20. The molecule has 0 fully saturated rings. The summed E-state index contributed by atoms with van der Waals surface area (Å²) in [5, 5.41) is 15.1. The van der Waals surface area contributed by atoms with E-state index in [1.54, 1.807) is 31.3 Å². The Labute approximate surface area is 88.3 Å². The van der Waals surface area contributed by atoms with E-state index in [1.807, 2.05) is 0 Å². The highest BCUT2D eigenvalue weighted by molar-refractivity contribution is 5.88. The molecule has 0 aromatic heterocycles. The summed E-state index contributed by atoms with van der Waals surface area (Å²) < 4.78 is 0. The molecule has 82 valence electrons. The van der Waals surface area contributed by atoms with Crippen LogP contribution in [-0.4, -0.2) is 24.7 Å². The molecule has 1 unspecified atom stereocenters. The number of anilines is 1. The monoisotopic (exact) mass is 209 g/mol. The van der Waals surface area contributed by atoms with Gasteiger partial charge in [-0.05, 0) is 13.1 Å². The number of carbonyl (C=O) groups is 1. The van der Waals surface area contributed by atoms with Crippen LogP contribution in [0.15, 0.2) is 24.3 Å². The Morgan fingerprint density at radius 3 is 2.80 bits per heavy atom. The average molecular weight is 209 g/mol. The third kappa shape index (κ3) is 3.23. The van der Waals surface area contributed by atoms with Gasteiger partial charge in [0.25, 0.3) is 0 Å². The first-order chi connectivity index (χ1) is 7.15. The maximum absolute atomic E-state index is 10.7. The molecule has 5 nitrogen and oxygen atoms in total. The summed E-state index contributed by atoms with van der Waals surface area (Å²) in [6, 6.07) is 6.35. The molecule has 0 saturated carbocycles. The highest BCUT2D eigenvalue weighted by atomic mass is 16.3. The van der Waals surface area contributed by atoms with Crippen molar-refractivity contribution in [1.29, 1.82) is 0 Å². The second-order valence-corrected chi connectivity index (χ2v) is 3.15. The quantitative estimate of drug-likeness (QED) is 0.580. The van der Waals surface area contributed by atoms with E-state index >= 15 is 0 Å². The van der Waals surface area contributed by atoms with E-state index < -0.39 is 12.1 Å². The van der Waals surface area contributed by atoms with E-state index in [0.29, 0.717) is 17.8 Å². The smallest absolute Gasteiger partial charge is 0.316 e. The summed E-state index contributed by atoms with van der Waals surface area (Å²) >= 11 is 0. The zero-order valence-corrected chi connectivity index (χ0v) is 8.53. The molecule has 0 aliphatic heterocycles. The van der Waals surface area contributed by atoms with Crippen LogP contribution in [-0.2, 0) is 0 Å². The molecule has 2 amide bonds. The van der Waals surface area contributed by atoms with Crippen molar-refractivity contribution in [3.63, 3.8) is 0 Å². The van der Waals surface area contributed by atoms with Gasteiger partial charge >= 0.3 is 6.03 Å². The topological polar surface area (TPSA) is 87.4 Å². The van der Waals surface area contributed by atoms with E-state index in [-0.39, 0.29) is 0 Å². The first-order valence-electron chi connectivity index (χ1n) is 4.63. The Morgan fingerprint density at radius 2 is 2.20 bits per heavy atom. The standard InChI is InChI=1S/C10H15N3O2/c1-12-6-9(14)7-4-2-3-5-8(7)13-10(11)15/h2-5,9,12,14H,6H2,1H3,(H3,11,13,15). The Morgan fingerprint density at radius 1 is 1.53 bits per heavy atom. The van der Waals surface area contributed by atoms with E-state index in [9.17, 15) is 9.90 Å². The molecule has 1 rings (SSSR count). The van der Waals surface area contributed by atoms with Gasteiger partial charge in [-0.25, -0.2) is 4.79 Å². The van der Waals surface area contributed by atoms with Crippen LogP contribution in [0.3, 0.4) is 0 Å². The highest BCUT2D eigenvalue weighted by Gasteiger charge is 2.11. The number of aliphatic hydroxyl groups excluding tert-OH is 1. The number of nitrogens with two attached hydrogens (primary N) is 1. The summed E-state index contributed by atoms with van der Waals surface area (Å²) in [6.07, 6.45) is -0.668. The van der Waals surface area contributed by atoms with Crippen molar-refractivity contribution >= 4 is 11.7 Å². The van der Waals surface area contributed by atoms with Crippen LogP contribution in [0.1, 0.15) is 11.7 Å². The van der Waals surface area contributed by atoms with Gasteiger partial charge in [0.05, 0.1) is 6.10 Å². The van der Waals surface area contributed by atoms with E-state index in [1.165, 1.54) is 0 Å². The lowest BCUT2D eigenvalue weighted by molar-refractivity contribution is 0.178. The van der Waals surface area contributed by atoms with Gasteiger partial charge in [-0.15, -0.1) is 0 Å². The molecule has 1 aromatic carbocycles. The Hall–Kier alpha value is -1.59. The predicted molar refractivity (Wildman–Crippen MR) is 58.5 cm³/mol. The average Bonchev–Trinajstić information content (AvgIpc) is 2.18. The highest BCUT2D eigenvalue weighted by Crippen LogP contribution is 2.21. The van der Waals surface area contributed by atoms with Gasteiger partial charge in [0, 0.05) is 17.8 Å². The van der Waals surface area contributed by atoms with Gasteiger partial charge in [-0.2, -0.15) is 0 Å². The van der Waals surface area contributed by atoms with E-state index in [4.69, 9.17) is 5.73 Å². The molecule has 1 aromatic rings. The summed E-state index contributed by atoms with van der Waals surface area (Å²) in [4.78, 5) is 10.7. The van der Waals surface area contributed by atoms with Gasteiger partial charge in [0.1, 0.15) is 0 Å². The zero-order valence-electron chi connectivity index (χ0n) is 8.53. The molecule has 0 spiro atoms. The molecule has 0 radical (unpaired) electrons. The predicted octanol–water partition coefficient (Wildman–Crippen LogP) is 0.430. The Bertz CT molecular complexity index is 341. The van der Waals surface area contributed by atoms with Gasteiger partial charge in [-0.3, -0.25) is 0 Å². The van der Waals surface area contributed by atoms with Crippen LogP contribution in [0.25, 0.3) is 0 Å². The fourth-order valence-corrected chi connectivity index (χ4v) is 1.34. The Balaban J connectivity index is 2.89. The lowest BCUT2D eigenvalue weighted by Crippen LogP contribution is -2.22. The minimum absolute atomic E-state index is 0.414. The van der Waals surface area contributed by atoms with Gasteiger partial charge in [-0.1, -0.05) is 18.2 Å². The molecule has 5 heteroatoms. The van der Waals surface area contributed by atoms with Crippen molar-refractivity contribution in [3.8, 4) is 0 Å². The fraction of sp³-hybridized carbons (Fsp3) is 0.300. The molecule has 1 atom stereocenters. The van der Waals surface area contributed by atoms with Crippen molar-refractivity contribution in [1.82, 2.24) is 5.32 Å². The molecule has 0 bridgehead atoms. The number of hydrogen-bond donors (Lipinski definition) is 4. The third-order valence-electron chi connectivity index (χ3n) is 1.98. The van der Waals surface area contributed by atoms with Gasteiger partial charge < -0.3 is 21.5 Å². The normalized spacial score (nSPS) is 12.1. The summed E-state index contributed by atoms with van der Waals surface area (Å²) in [6.45, 7) is 0.414. The van der Waals surface area contributed by atoms with E-state index in [0.717, 1.165) is 0 Å². The first-order valence-corrected chi connectivity index (χ1v) is 4.63. The number of para-hydroxylation sites is 1. The molecule has 15 heavy (non-hydrogen) atoms. The Kier molecular flexibility index (Phi) is 4.08. The number of benzene rings is 1. The number of amides is 2. The summed E-state index contributed by atoms with van der Waals surface area (Å²) in [7, 11) is 1.74. The molecule has 5 N–H and O–H groups in total. The van der Waals surface area contributed by atoms with Crippen molar-refractivity contribution in [3.05, 3.63) is 29.8 Å². The number of primary amides is 1. The molecule has 0 saturated heterocycles. The van der Waals surface area contributed by atoms with Crippen LogP contribution >= 0.6 is 0 Å². The van der Waals surface area contributed by atoms with Crippen LogP contribution in [0, 0.1) is 0 Å². The number of carbonyl (C=O) groups excluding carboxylic acids is 1. The fourth-order valence-electron chi connectivity index (χ4n) is 1.34.